The third-order valence-electron chi connectivity index (χ3n) is 7.77. The van der Waals surface area contributed by atoms with E-state index in [0.717, 1.165) is 54.9 Å². The highest BCUT2D eigenvalue weighted by molar-refractivity contribution is 6.05. The Morgan fingerprint density at radius 3 is 2.27 bits per heavy atom. The molecule has 2 heterocycles. The van der Waals surface area contributed by atoms with Crippen LogP contribution in [0.3, 0.4) is 0 Å². The summed E-state index contributed by atoms with van der Waals surface area (Å²) < 4.78 is 0. The van der Waals surface area contributed by atoms with E-state index < -0.39 is 0 Å². The van der Waals surface area contributed by atoms with Gasteiger partial charge in [0.15, 0.2) is 0 Å². The van der Waals surface area contributed by atoms with Gasteiger partial charge in [-0.2, -0.15) is 0 Å². The molecule has 0 spiro atoms. The average Bonchev–Trinajstić information content (AvgIpc) is 3.37. The van der Waals surface area contributed by atoms with Crippen LogP contribution in [0.15, 0.2) is 84.9 Å². The summed E-state index contributed by atoms with van der Waals surface area (Å²) in [4.78, 5) is 32.2. The Morgan fingerprint density at radius 1 is 0.919 bits per heavy atom. The van der Waals surface area contributed by atoms with Gasteiger partial charge in [-0.25, -0.2) is 0 Å². The zero-order chi connectivity index (χ0) is 25.8. The van der Waals surface area contributed by atoms with E-state index in [2.05, 4.69) is 54.3 Å². The number of benzene rings is 3. The van der Waals surface area contributed by atoms with Crippen molar-refractivity contribution in [3.8, 4) is 0 Å². The molecule has 190 valence electrons. The van der Waals surface area contributed by atoms with Crippen LogP contribution in [0, 0.1) is 0 Å². The van der Waals surface area contributed by atoms with Crippen molar-refractivity contribution in [2.45, 2.75) is 45.2 Å². The number of fused-ring (bicyclic) bond motifs is 1. The molecule has 1 fully saturated rings. The van der Waals surface area contributed by atoms with E-state index in [1.54, 1.807) is 13.0 Å². The molecule has 3 aromatic carbocycles. The first kappa shape index (κ1) is 25.0. The predicted molar refractivity (Wildman–Crippen MR) is 151 cm³/mol. The molecule has 0 aromatic heterocycles. The van der Waals surface area contributed by atoms with Gasteiger partial charge in [0.25, 0.3) is 5.91 Å². The van der Waals surface area contributed by atoms with E-state index in [4.69, 9.17) is 0 Å². The molecule has 0 bridgehead atoms. The Labute approximate surface area is 220 Å². The number of likely N-dealkylation sites (tertiary alicyclic amines) is 1. The fraction of sp³-hybridized carbons (Fsp3) is 0.312. The molecule has 5 heteroatoms. The number of rotatable bonds is 6. The summed E-state index contributed by atoms with van der Waals surface area (Å²) in [6.45, 7) is 6.43. The van der Waals surface area contributed by atoms with Crippen LogP contribution in [0.4, 0.5) is 11.4 Å². The van der Waals surface area contributed by atoms with Crippen molar-refractivity contribution >= 4 is 29.3 Å². The quantitative estimate of drug-likeness (QED) is 0.404. The standard InChI is InChI=1S/C32H35N3O2/c1-24(27-11-7-4-8-12-27)33-20-18-29(19-21-33)35(32(37)16-13-26-9-5-3-6-10-26)30-15-14-28-17-22-34(25(2)36)31(28)23-30/h3-16,23-24,29H,17-22H2,1-2H3/b16-13+. The Bertz CT molecular complexity index is 1260. The van der Waals surface area contributed by atoms with Gasteiger partial charge in [-0.1, -0.05) is 66.7 Å². The van der Waals surface area contributed by atoms with Gasteiger partial charge in [0.1, 0.15) is 0 Å². The molecule has 0 N–H and O–H groups in total. The molecule has 37 heavy (non-hydrogen) atoms. The van der Waals surface area contributed by atoms with Gasteiger partial charge in [0.2, 0.25) is 5.91 Å². The number of hydrogen-bond acceptors (Lipinski definition) is 3. The summed E-state index contributed by atoms with van der Waals surface area (Å²) in [7, 11) is 0. The topological polar surface area (TPSA) is 43.9 Å². The molecule has 2 aliphatic heterocycles. The number of nitrogens with zero attached hydrogens (tertiary/aromatic N) is 3. The molecule has 1 atom stereocenters. The van der Waals surface area contributed by atoms with Crippen LogP contribution >= 0.6 is 0 Å². The number of carbonyl (C=O) groups excluding carboxylic acids is 2. The molecular formula is C32H35N3O2. The van der Waals surface area contributed by atoms with Gasteiger partial charge in [0, 0.05) is 56.1 Å². The Morgan fingerprint density at radius 2 is 1.59 bits per heavy atom. The van der Waals surface area contributed by atoms with Crippen molar-refractivity contribution in [1.29, 1.82) is 0 Å². The minimum absolute atomic E-state index is 0.0225. The lowest BCUT2D eigenvalue weighted by atomic mass is 9.98. The fourth-order valence-corrected chi connectivity index (χ4v) is 5.65. The molecule has 0 aliphatic carbocycles. The van der Waals surface area contributed by atoms with E-state index in [1.165, 1.54) is 5.56 Å². The van der Waals surface area contributed by atoms with Crippen LogP contribution in [0.25, 0.3) is 6.08 Å². The Hall–Kier alpha value is -3.70. The van der Waals surface area contributed by atoms with Gasteiger partial charge in [0.05, 0.1) is 0 Å². The first-order chi connectivity index (χ1) is 18.0. The second kappa shape index (κ2) is 11.1. The summed E-state index contributed by atoms with van der Waals surface area (Å²) >= 11 is 0. The van der Waals surface area contributed by atoms with Gasteiger partial charge < -0.3 is 9.80 Å². The maximum atomic E-state index is 13.7. The minimum Gasteiger partial charge on any atom is -0.312 e. The molecule has 5 nitrogen and oxygen atoms in total. The number of carbonyl (C=O) groups is 2. The van der Waals surface area contributed by atoms with Gasteiger partial charge >= 0.3 is 0 Å². The summed E-state index contributed by atoms with van der Waals surface area (Å²) in [5, 5.41) is 0. The van der Waals surface area contributed by atoms with Crippen LogP contribution in [-0.4, -0.2) is 42.4 Å². The van der Waals surface area contributed by atoms with Crippen LogP contribution in [-0.2, 0) is 16.0 Å². The molecule has 5 rings (SSSR count). The second-order valence-corrected chi connectivity index (χ2v) is 10.0. The molecular weight excluding hydrogens is 458 g/mol. The first-order valence-corrected chi connectivity index (χ1v) is 13.3. The molecule has 0 saturated carbocycles. The lowest BCUT2D eigenvalue weighted by molar-refractivity contribution is -0.116. The van der Waals surface area contributed by atoms with Crippen molar-refractivity contribution in [1.82, 2.24) is 4.90 Å². The van der Waals surface area contributed by atoms with Crippen molar-refractivity contribution in [3.05, 3.63) is 102 Å². The van der Waals surface area contributed by atoms with E-state index in [0.29, 0.717) is 12.6 Å². The number of anilines is 2. The van der Waals surface area contributed by atoms with Crippen molar-refractivity contribution in [3.63, 3.8) is 0 Å². The third kappa shape index (κ3) is 5.52. The molecule has 1 unspecified atom stereocenters. The van der Waals surface area contributed by atoms with E-state index >= 15 is 0 Å². The van der Waals surface area contributed by atoms with Crippen molar-refractivity contribution < 1.29 is 9.59 Å². The normalized spacial score (nSPS) is 17.1. The van der Waals surface area contributed by atoms with Crippen LogP contribution < -0.4 is 9.80 Å². The zero-order valence-electron chi connectivity index (χ0n) is 21.7. The van der Waals surface area contributed by atoms with E-state index in [-0.39, 0.29) is 17.9 Å². The maximum Gasteiger partial charge on any atom is 0.251 e. The molecule has 2 aliphatic rings. The molecule has 0 radical (unpaired) electrons. The van der Waals surface area contributed by atoms with Crippen LogP contribution in [0.2, 0.25) is 0 Å². The summed E-state index contributed by atoms with van der Waals surface area (Å²) in [6, 6.07) is 27.1. The number of amides is 2. The van der Waals surface area contributed by atoms with Crippen molar-refractivity contribution in [2.24, 2.45) is 0 Å². The SMILES string of the molecule is CC(=O)N1CCc2ccc(N(C(=O)/C=C/c3ccccc3)C3CCN(C(C)c4ccccc4)CC3)cc21. The van der Waals surface area contributed by atoms with E-state index in [9.17, 15) is 9.59 Å². The Balaban J connectivity index is 1.40. The third-order valence-corrected chi connectivity index (χ3v) is 7.77. The van der Waals surface area contributed by atoms with Gasteiger partial charge in [-0.3, -0.25) is 14.5 Å². The van der Waals surface area contributed by atoms with Gasteiger partial charge in [-0.05, 0) is 61.1 Å². The molecule has 1 saturated heterocycles. The van der Waals surface area contributed by atoms with E-state index in [1.807, 2.05) is 52.3 Å². The fourth-order valence-electron chi connectivity index (χ4n) is 5.65. The Kier molecular flexibility index (Phi) is 7.52. The summed E-state index contributed by atoms with van der Waals surface area (Å²) in [6.07, 6.45) is 6.22. The molecule has 2 amide bonds. The van der Waals surface area contributed by atoms with Crippen LogP contribution in [0.1, 0.15) is 49.4 Å². The summed E-state index contributed by atoms with van der Waals surface area (Å²) in [5.74, 6) is 0.0201. The van der Waals surface area contributed by atoms with Crippen molar-refractivity contribution in [2.75, 3.05) is 29.4 Å². The van der Waals surface area contributed by atoms with Crippen LogP contribution in [0.5, 0.6) is 0 Å². The first-order valence-electron chi connectivity index (χ1n) is 13.3. The maximum absolute atomic E-state index is 13.7. The second-order valence-electron chi connectivity index (χ2n) is 10.0. The highest BCUT2D eigenvalue weighted by Crippen LogP contribution is 2.35. The smallest absolute Gasteiger partial charge is 0.251 e. The largest absolute Gasteiger partial charge is 0.312 e. The minimum atomic E-state index is -0.0225. The highest BCUT2D eigenvalue weighted by atomic mass is 16.2. The number of hydrogen-bond donors (Lipinski definition) is 0. The zero-order valence-corrected chi connectivity index (χ0v) is 21.7. The summed E-state index contributed by atoms with van der Waals surface area (Å²) in [5.41, 5.74) is 5.29. The monoisotopic (exact) mass is 493 g/mol. The predicted octanol–water partition coefficient (Wildman–Crippen LogP) is 5.87. The highest BCUT2D eigenvalue weighted by Gasteiger charge is 2.31. The molecule has 3 aromatic rings. The average molecular weight is 494 g/mol. The number of piperidine rings is 1. The van der Waals surface area contributed by atoms with Gasteiger partial charge in [-0.15, -0.1) is 0 Å². The lowest BCUT2D eigenvalue weighted by Gasteiger charge is -2.40. The lowest BCUT2D eigenvalue weighted by Crippen LogP contribution is -2.47.